The minimum atomic E-state index is 0.457. The highest BCUT2D eigenvalue weighted by molar-refractivity contribution is 6.26. The van der Waals surface area contributed by atoms with Gasteiger partial charge in [-0.15, -0.1) is 0 Å². The fourth-order valence-corrected chi connectivity index (χ4v) is 4.75. The molecule has 0 aliphatic heterocycles. The number of benzene rings is 4. The SMILES string of the molecule is CC(C)c1ccc2ccc3c(N(c4cncnc4)c4cncnc4)ccc4ccc1c2c43. The molecule has 0 aliphatic rings. The molecule has 32 heavy (non-hydrogen) atoms. The quantitative estimate of drug-likeness (QED) is 0.298. The van der Waals surface area contributed by atoms with Crippen LogP contribution in [-0.4, -0.2) is 19.9 Å². The van der Waals surface area contributed by atoms with Crippen LogP contribution < -0.4 is 4.90 Å². The van der Waals surface area contributed by atoms with Gasteiger partial charge >= 0.3 is 0 Å². The van der Waals surface area contributed by atoms with E-state index in [0.29, 0.717) is 5.92 Å². The molecule has 0 unspecified atom stereocenters. The molecule has 4 aromatic carbocycles. The number of nitrogens with zero attached hydrogens (tertiary/aromatic N) is 5. The summed E-state index contributed by atoms with van der Waals surface area (Å²) in [4.78, 5) is 19.1. The molecular weight excluding hydrogens is 394 g/mol. The highest BCUT2D eigenvalue weighted by Crippen LogP contribution is 2.44. The first-order valence-electron chi connectivity index (χ1n) is 10.7. The van der Waals surface area contributed by atoms with Gasteiger partial charge in [-0.3, -0.25) is 0 Å². The third-order valence-electron chi connectivity index (χ3n) is 6.15. The summed E-state index contributed by atoms with van der Waals surface area (Å²) in [5.41, 5.74) is 4.15. The van der Waals surface area contributed by atoms with Crippen LogP contribution in [0.25, 0.3) is 32.3 Å². The highest BCUT2D eigenvalue weighted by atomic mass is 15.2. The van der Waals surface area contributed by atoms with Crippen LogP contribution in [0.3, 0.4) is 0 Å². The van der Waals surface area contributed by atoms with Gasteiger partial charge in [0.25, 0.3) is 0 Å². The molecule has 0 atom stereocenters. The van der Waals surface area contributed by atoms with Gasteiger partial charge in [0, 0.05) is 5.39 Å². The smallest absolute Gasteiger partial charge is 0.115 e. The average Bonchev–Trinajstić information content (AvgIpc) is 2.84. The van der Waals surface area contributed by atoms with E-state index in [4.69, 9.17) is 0 Å². The third kappa shape index (κ3) is 2.78. The van der Waals surface area contributed by atoms with Crippen molar-refractivity contribution in [3.05, 3.63) is 91.5 Å². The number of rotatable bonds is 4. The molecule has 2 aromatic heterocycles. The van der Waals surface area contributed by atoms with Crippen molar-refractivity contribution in [3.63, 3.8) is 0 Å². The largest absolute Gasteiger partial charge is 0.304 e. The fraction of sp³-hybridized carbons (Fsp3) is 0.111. The van der Waals surface area contributed by atoms with Crippen LogP contribution in [0.4, 0.5) is 17.1 Å². The van der Waals surface area contributed by atoms with Gasteiger partial charge in [-0.2, -0.15) is 0 Å². The Labute approximate surface area is 185 Å². The van der Waals surface area contributed by atoms with Gasteiger partial charge in [-0.05, 0) is 44.5 Å². The lowest BCUT2D eigenvalue weighted by Gasteiger charge is -2.26. The van der Waals surface area contributed by atoms with E-state index in [-0.39, 0.29) is 0 Å². The van der Waals surface area contributed by atoms with E-state index in [1.165, 1.54) is 37.9 Å². The summed E-state index contributed by atoms with van der Waals surface area (Å²) in [5, 5.41) is 7.59. The molecular formula is C27H21N5. The van der Waals surface area contributed by atoms with E-state index < -0.39 is 0 Å². The molecule has 0 aliphatic carbocycles. The second-order valence-corrected chi connectivity index (χ2v) is 8.35. The Morgan fingerprint density at radius 1 is 0.594 bits per heavy atom. The maximum atomic E-state index is 4.26. The molecule has 6 aromatic rings. The van der Waals surface area contributed by atoms with Crippen molar-refractivity contribution in [1.29, 1.82) is 0 Å². The lowest BCUT2D eigenvalue weighted by Crippen LogP contribution is -2.11. The first-order chi connectivity index (χ1) is 15.7. The minimum absolute atomic E-state index is 0.457. The molecule has 0 spiro atoms. The van der Waals surface area contributed by atoms with Crippen LogP contribution in [0.1, 0.15) is 25.3 Å². The van der Waals surface area contributed by atoms with Gasteiger partial charge in [0.15, 0.2) is 0 Å². The van der Waals surface area contributed by atoms with Crippen molar-refractivity contribution in [1.82, 2.24) is 19.9 Å². The summed E-state index contributed by atoms with van der Waals surface area (Å²) >= 11 is 0. The molecule has 0 N–H and O–H groups in total. The third-order valence-corrected chi connectivity index (χ3v) is 6.15. The van der Waals surface area contributed by atoms with E-state index in [9.17, 15) is 0 Å². The molecule has 2 heterocycles. The second-order valence-electron chi connectivity index (χ2n) is 8.35. The molecule has 0 fully saturated rings. The number of hydrogen-bond acceptors (Lipinski definition) is 5. The van der Waals surface area contributed by atoms with E-state index in [2.05, 4.69) is 87.2 Å². The molecule has 0 amide bonds. The van der Waals surface area contributed by atoms with Gasteiger partial charge in [0.05, 0.1) is 41.8 Å². The van der Waals surface area contributed by atoms with Crippen molar-refractivity contribution in [2.24, 2.45) is 0 Å². The van der Waals surface area contributed by atoms with Gasteiger partial charge in [0.1, 0.15) is 12.7 Å². The number of anilines is 3. The van der Waals surface area contributed by atoms with E-state index in [0.717, 1.165) is 17.1 Å². The molecule has 154 valence electrons. The monoisotopic (exact) mass is 415 g/mol. The molecule has 0 saturated carbocycles. The first kappa shape index (κ1) is 18.6. The van der Waals surface area contributed by atoms with Gasteiger partial charge in [0.2, 0.25) is 0 Å². The topological polar surface area (TPSA) is 54.8 Å². The Kier molecular flexibility index (Phi) is 4.21. The average molecular weight is 416 g/mol. The fourth-order valence-electron chi connectivity index (χ4n) is 4.75. The lowest BCUT2D eigenvalue weighted by molar-refractivity contribution is 0.877. The Hall–Kier alpha value is -4.12. The van der Waals surface area contributed by atoms with Crippen LogP contribution in [0.15, 0.2) is 86.0 Å². The molecule has 0 saturated heterocycles. The summed E-state index contributed by atoms with van der Waals surface area (Å²) in [5.74, 6) is 0.457. The minimum Gasteiger partial charge on any atom is -0.304 e. The van der Waals surface area contributed by atoms with Crippen molar-refractivity contribution < 1.29 is 0 Å². The van der Waals surface area contributed by atoms with Crippen molar-refractivity contribution in [3.8, 4) is 0 Å². The summed E-state index contributed by atoms with van der Waals surface area (Å²) in [7, 11) is 0. The Balaban J connectivity index is 1.72. The summed E-state index contributed by atoms with van der Waals surface area (Å²) < 4.78 is 0. The predicted octanol–water partition coefficient (Wildman–Crippen LogP) is 6.76. The van der Waals surface area contributed by atoms with Crippen molar-refractivity contribution >= 4 is 49.4 Å². The van der Waals surface area contributed by atoms with Gasteiger partial charge < -0.3 is 4.90 Å². The standard InChI is InChI=1S/C27H21N5/c1-17(2)22-7-3-18-5-9-24-25(10-6-19-4-8-23(22)26(18)27(19)24)32(20-11-28-15-29-12-20)21-13-30-16-31-14-21/h3-17H,1-2H3. The maximum absolute atomic E-state index is 4.26. The summed E-state index contributed by atoms with van der Waals surface area (Å²) in [6.07, 6.45) is 10.3. The first-order valence-corrected chi connectivity index (χ1v) is 10.7. The van der Waals surface area contributed by atoms with E-state index in [1.807, 2.05) is 24.8 Å². The highest BCUT2D eigenvalue weighted by Gasteiger charge is 2.19. The molecule has 0 radical (unpaired) electrons. The number of aromatic nitrogens is 4. The van der Waals surface area contributed by atoms with Gasteiger partial charge in [-0.1, -0.05) is 56.3 Å². The summed E-state index contributed by atoms with van der Waals surface area (Å²) in [6.45, 7) is 4.51. The predicted molar refractivity (Wildman–Crippen MR) is 130 cm³/mol. The van der Waals surface area contributed by atoms with Crippen molar-refractivity contribution in [2.45, 2.75) is 19.8 Å². The van der Waals surface area contributed by atoms with E-state index >= 15 is 0 Å². The second kappa shape index (κ2) is 7.24. The molecule has 0 bridgehead atoms. The van der Waals surface area contributed by atoms with E-state index in [1.54, 1.807) is 12.7 Å². The Morgan fingerprint density at radius 3 is 1.69 bits per heavy atom. The maximum Gasteiger partial charge on any atom is 0.115 e. The van der Waals surface area contributed by atoms with Crippen LogP contribution in [0.2, 0.25) is 0 Å². The Bertz CT molecular complexity index is 1510. The molecule has 5 heteroatoms. The summed E-state index contributed by atoms with van der Waals surface area (Å²) in [6, 6.07) is 17.8. The zero-order valence-corrected chi connectivity index (χ0v) is 17.9. The lowest BCUT2D eigenvalue weighted by atomic mass is 9.88. The van der Waals surface area contributed by atoms with Crippen LogP contribution in [0.5, 0.6) is 0 Å². The van der Waals surface area contributed by atoms with Gasteiger partial charge in [-0.25, -0.2) is 19.9 Å². The van der Waals surface area contributed by atoms with Crippen LogP contribution >= 0.6 is 0 Å². The van der Waals surface area contributed by atoms with Crippen LogP contribution in [0, 0.1) is 0 Å². The molecule has 5 nitrogen and oxygen atoms in total. The van der Waals surface area contributed by atoms with Crippen LogP contribution in [-0.2, 0) is 0 Å². The Morgan fingerprint density at radius 2 is 1.09 bits per heavy atom. The number of hydrogen-bond donors (Lipinski definition) is 0. The zero-order valence-electron chi connectivity index (χ0n) is 17.9. The van der Waals surface area contributed by atoms with Crippen molar-refractivity contribution in [2.75, 3.05) is 4.90 Å². The zero-order chi connectivity index (χ0) is 21.7. The molecule has 6 rings (SSSR count). The normalized spacial score (nSPS) is 11.7.